The standard InChI is InChI=1S/C25H33N3O4/c1-4-27(24(30)12-15-32-25-19(2)6-5-7-20(25)3)18-23(29)26-21-8-10-22(11-9-21)28-13-16-31-17-14-28/h5-11H,4,12-18H2,1-3H3,(H,26,29). The highest BCUT2D eigenvalue weighted by atomic mass is 16.5. The van der Waals surface area contributed by atoms with Crippen LogP contribution in [0.2, 0.25) is 0 Å². The minimum absolute atomic E-state index is 0.0178. The Hall–Kier alpha value is -3.06. The van der Waals surface area contributed by atoms with E-state index in [1.165, 1.54) is 0 Å². The maximum atomic E-state index is 12.6. The Morgan fingerprint density at radius 1 is 1.06 bits per heavy atom. The zero-order chi connectivity index (χ0) is 22.9. The number of hydrogen-bond donors (Lipinski definition) is 1. The highest BCUT2D eigenvalue weighted by molar-refractivity contribution is 5.94. The van der Waals surface area contributed by atoms with Gasteiger partial charge in [0.1, 0.15) is 5.75 Å². The van der Waals surface area contributed by atoms with Gasteiger partial charge in [-0.1, -0.05) is 18.2 Å². The predicted molar refractivity (Wildman–Crippen MR) is 126 cm³/mol. The molecule has 1 N–H and O–H groups in total. The first-order chi connectivity index (χ1) is 15.5. The van der Waals surface area contributed by atoms with Crippen molar-refractivity contribution in [1.82, 2.24) is 4.90 Å². The molecule has 3 rings (SSSR count). The molecule has 0 bridgehead atoms. The van der Waals surface area contributed by atoms with Crippen molar-refractivity contribution in [3.8, 4) is 5.75 Å². The number of para-hydroxylation sites is 1. The van der Waals surface area contributed by atoms with Crippen molar-refractivity contribution in [3.63, 3.8) is 0 Å². The topological polar surface area (TPSA) is 71.1 Å². The lowest BCUT2D eigenvalue weighted by Gasteiger charge is -2.29. The summed E-state index contributed by atoms with van der Waals surface area (Å²) in [5.74, 6) is 0.508. The van der Waals surface area contributed by atoms with Gasteiger partial charge in [0.2, 0.25) is 11.8 Å². The number of aryl methyl sites for hydroxylation is 2. The molecule has 0 aromatic heterocycles. The number of morpholine rings is 1. The summed E-state index contributed by atoms with van der Waals surface area (Å²) in [7, 11) is 0. The summed E-state index contributed by atoms with van der Waals surface area (Å²) < 4.78 is 11.2. The zero-order valence-corrected chi connectivity index (χ0v) is 19.2. The summed E-state index contributed by atoms with van der Waals surface area (Å²) in [5.41, 5.74) is 3.92. The van der Waals surface area contributed by atoms with Crippen molar-refractivity contribution in [2.45, 2.75) is 27.2 Å². The van der Waals surface area contributed by atoms with Crippen LogP contribution < -0.4 is 15.0 Å². The third kappa shape index (κ3) is 6.47. The molecule has 7 heteroatoms. The summed E-state index contributed by atoms with van der Waals surface area (Å²) in [6.07, 6.45) is 0.225. The predicted octanol–water partition coefficient (Wildman–Crippen LogP) is 3.40. The summed E-state index contributed by atoms with van der Waals surface area (Å²) in [6.45, 7) is 9.80. The van der Waals surface area contributed by atoms with Crippen molar-refractivity contribution in [2.24, 2.45) is 0 Å². The van der Waals surface area contributed by atoms with Crippen LogP contribution >= 0.6 is 0 Å². The van der Waals surface area contributed by atoms with Crippen LogP contribution in [0.25, 0.3) is 0 Å². The Bertz CT molecular complexity index is 888. The van der Waals surface area contributed by atoms with Crippen LogP contribution in [0, 0.1) is 13.8 Å². The Labute approximate surface area is 190 Å². The van der Waals surface area contributed by atoms with Crippen molar-refractivity contribution in [2.75, 3.05) is 56.2 Å². The molecule has 32 heavy (non-hydrogen) atoms. The highest BCUT2D eigenvalue weighted by Crippen LogP contribution is 2.22. The summed E-state index contributed by atoms with van der Waals surface area (Å²) in [6, 6.07) is 13.7. The molecule has 1 fully saturated rings. The molecular weight excluding hydrogens is 406 g/mol. The van der Waals surface area contributed by atoms with Crippen LogP contribution in [-0.4, -0.2) is 62.7 Å². The first-order valence-electron chi connectivity index (χ1n) is 11.2. The number of rotatable bonds is 9. The second-order valence-corrected chi connectivity index (χ2v) is 7.92. The number of hydrogen-bond acceptors (Lipinski definition) is 5. The molecule has 0 aliphatic carbocycles. The van der Waals surface area contributed by atoms with Gasteiger partial charge in [0.15, 0.2) is 0 Å². The van der Waals surface area contributed by atoms with Crippen molar-refractivity contribution >= 4 is 23.2 Å². The minimum atomic E-state index is -0.213. The third-order valence-electron chi connectivity index (χ3n) is 5.57. The fraction of sp³-hybridized carbons (Fsp3) is 0.440. The molecule has 1 saturated heterocycles. The van der Waals surface area contributed by atoms with Gasteiger partial charge >= 0.3 is 0 Å². The smallest absolute Gasteiger partial charge is 0.243 e. The van der Waals surface area contributed by atoms with E-state index in [1.54, 1.807) is 4.90 Å². The number of ether oxygens (including phenoxy) is 2. The van der Waals surface area contributed by atoms with Crippen molar-refractivity contribution < 1.29 is 19.1 Å². The van der Waals surface area contributed by atoms with Gasteiger partial charge < -0.3 is 24.6 Å². The van der Waals surface area contributed by atoms with E-state index < -0.39 is 0 Å². The maximum Gasteiger partial charge on any atom is 0.243 e. The fourth-order valence-corrected chi connectivity index (χ4v) is 3.75. The van der Waals surface area contributed by atoms with Crippen molar-refractivity contribution in [1.29, 1.82) is 0 Å². The number of benzene rings is 2. The van der Waals surface area contributed by atoms with E-state index in [4.69, 9.17) is 9.47 Å². The van der Waals surface area contributed by atoms with Gasteiger partial charge in [0.25, 0.3) is 0 Å². The van der Waals surface area contributed by atoms with E-state index in [-0.39, 0.29) is 31.4 Å². The Morgan fingerprint density at radius 2 is 1.72 bits per heavy atom. The van der Waals surface area contributed by atoms with Crippen molar-refractivity contribution in [3.05, 3.63) is 53.6 Å². The van der Waals surface area contributed by atoms with Crippen LogP contribution in [0.3, 0.4) is 0 Å². The van der Waals surface area contributed by atoms with Gasteiger partial charge in [-0.15, -0.1) is 0 Å². The molecule has 1 heterocycles. The second kappa shape index (κ2) is 11.5. The van der Waals surface area contributed by atoms with Crippen LogP contribution in [-0.2, 0) is 14.3 Å². The average molecular weight is 440 g/mol. The lowest BCUT2D eigenvalue weighted by Crippen LogP contribution is -2.38. The van der Waals surface area contributed by atoms with Crippen LogP contribution in [0.15, 0.2) is 42.5 Å². The lowest BCUT2D eigenvalue weighted by atomic mass is 10.1. The van der Waals surface area contributed by atoms with Crippen LogP contribution in [0.1, 0.15) is 24.5 Å². The van der Waals surface area contributed by atoms with Crippen LogP contribution in [0.4, 0.5) is 11.4 Å². The molecule has 0 radical (unpaired) electrons. The third-order valence-corrected chi connectivity index (χ3v) is 5.57. The number of carbonyl (C=O) groups excluding carboxylic acids is 2. The molecule has 0 saturated carbocycles. The van der Waals surface area contributed by atoms with E-state index in [0.717, 1.165) is 48.9 Å². The average Bonchev–Trinajstić information content (AvgIpc) is 2.80. The number of likely N-dealkylation sites (N-methyl/N-ethyl adjacent to an activating group) is 1. The van der Waals surface area contributed by atoms with Gasteiger partial charge in [-0.3, -0.25) is 9.59 Å². The Kier molecular flexibility index (Phi) is 8.50. The van der Waals surface area contributed by atoms with Crippen LogP contribution in [0.5, 0.6) is 5.75 Å². The number of nitrogens with one attached hydrogen (secondary N) is 1. The second-order valence-electron chi connectivity index (χ2n) is 7.92. The van der Waals surface area contributed by atoms with E-state index in [0.29, 0.717) is 12.2 Å². The number of amides is 2. The van der Waals surface area contributed by atoms with Gasteiger partial charge in [-0.2, -0.15) is 0 Å². The Morgan fingerprint density at radius 3 is 2.34 bits per heavy atom. The van der Waals surface area contributed by atoms with E-state index >= 15 is 0 Å². The minimum Gasteiger partial charge on any atom is -0.493 e. The molecule has 0 atom stereocenters. The molecule has 2 aromatic rings. The molecule has 2 aromatic carbocycles. The monoisotopic (exact) mass is 439 g/mol. The molecule has 7 nitrogen and oxygen atoms in total. The fourth-order valence-electron chi connectivity index (χ4n) is 3.75. The van der Waals surface area contributed by atoms with Gasteiger partial charge in [0, 0.05) is 31.0 Å². The molecule has 1 aliphatic heterocycles. The molecular formula is C25H33N3O4. The summed E-state index contributed by atoms with van der Waals surface area (Å²) >= 11 is 0. The zero-order valence-electron chi connectivity index (χ0n) is 19.2. The summed E-state index contributed by atoms with van der Waals surface area (Å²) in [4.78, 5) is 28.9. The normalized spacial score (nSPS) is 13.5. The first-order valence-corrected chi connectivity index (χ1v) is 11.2. The van der Waals surface area contributed by atoms with E-state index in [1.807, 2.05) is 63.2 Å². The highest BCUT2D eigenvalue weighted by Gasteiger charge is 2.17. The Balaban J connectivity index is 1.46. The lowest BCUT2D eigenvalue weighted by molar-refractivity contribution is -0.134. The molecule has 1 aliphatic rings. The number of nitrogens with zero attached hydrogens (tertiary/aromatic N) is 2. The van der Waals surface area contributed by atoms with Gasteiger partial charge in [0.05, 0.1) is 32.8 Å². The van der Waals surface area contributed by atoms with E-state index in [9.17, 15) is 9.59 Å². The molecule has 0 spiro atoms. The van der Waals surface area contributed by atoms with Gasteiger partial charge in [-0.25, -0.2) is 0 Å². The molecule has 2 amide bonds. The SMILES string of the molecule is CCN(CC(=O)Nc1ccc(N2CCOCC2)cc1)C(=O)CCOc1c(C)cccc1C. The largest absolute Gasteiger partial charge is 0.493 e. The number of anilines is 2. The van der Waals surface area contributed by atoms with E-state index in [2.05, 4.69) is 10.2 Å². The van der Waals surface area contributed by atoms with Gasteiger partial charge in [-0.05, 0) is 56.2 Å². The molecule has 172 valence electrons. The first kappa shape index (κ1) is 23.6. The quantitative estimate of drug-likeness (QED) is 0.649. The molecule has 0 unspecified atom stereocenters. The maximum absolute atomic E-state index is 12.6. The number of carbonyl (C=O) groups is 2. The summed E-state index contributed by atoms with van der Waals surface area (Å²) in [5, 5.41) is 2.88.